The first kappa shape index (κ1) is 15.1. The highest BCUT2D eigenvalue weighted by molar-refractivity contribution is 7.12. The molecule has 3 heteroatoms. The number of rotatable bonds is 4. The Morgan fingerprint density at radius 1 is 1.10 bits per heavy atom. The molecule has 2 nitrogen and oxygen atoms in total. The van der Waals surface area contributed by atoms with Gasteiger partial charge in [0.25, 0.3) is 0 Å². The number of nitrogens with two attached hydrogens (primary N) is 1. The molecule has 0 saturated carbocycles. The van der Waals surface area contributed by atoms with Crippen LogP contribution in [-0.2, 0) is 5.41 Å². The lowest BCUT2D eigenvalue weighted by molar-refractivity contribution is 0.340. The van der Waals surface area contributed by atoms with Crippen molar-refractivity contribution in [2.45, 2.75) is 39.2 Å². The van der Waals surface area contributed by atoms with Crippen molar-refractivity contribution in [3.63, 3.8) is 0 Å². The summed E-state index contributed by atoms with van der Waals surface area (Å²) in [7, 11) is 0. The van der Waals surface area contributed by atoms with Gasteiger partial charge in [-0.2, -0.15) is 0 Å². The second-order valence-electron chi connectivity index (χ2n) is 5.93. The molecule has 0 radical (unpaired) electrons. The van der Waals surface area contributed by atoms with Gasteiger partial charge in [0.2, 0.25) is 0 Å². The van der Waals surface area contributed by atoms with Crippen molar-refractivity contribution < 1.29 is 4.74 Å². The van der Waals surface area contributed by atoms with E-state index >= 15 is 0 Å². The molecule has 0 fully saturated rings. The first-order chi connectivity index (χ1) is 9.41. The van der Waals surface area contributed by atoms with Crippen molar-refractivity contribution in [1.29, 1.82) is 0 Å². The number of thiophene rings is 1. The van der Waals surface area contributed by atoms with Crippen LogP contribution in [0.5, 0.6) is 5.75 Å². The fourth-order valence-corrected chi connectivity index (χ4v) is 3.12. The maximum absolute atomic E-state index is 6.37. The zero-order valence-electron chi connectivity index (χ0n) is 12.6. The van der Waals surface area contributed by atoms with E-state index in [-0.39, 0.29) is 11.5 Å². The van der Waals surface area contributed by atoms with E-state index in [1.165, 1.54) is 9.75 Å². The molecular weight excluding hydrogens is 266 g/mol. The molecule has 20 heavy (non-hydrogen) atoms. The zero-order chi connectivity index (χ0) is 14.8. The minimum Gasteiger partial charge on any atom is -0.494 e. The van der Waals surface area contributed by atoms with Crippen LogP contribution in [0, 0.1) is 0 Å². The van der Waals surface area contributed by atoms with Gasteiger partial charge in [-0.15, -0.1) is 11.3 Å². The summed E-state index contributed by atoms with van der Waals surface area (Å²) in [5.41, 5.74) is 7.67. The van der Waals surface area contributed by atoms with E-state index < -0.39 is 0 Å². The monoisotopic (exact) mass is 289 g/mol. The van der Waals surface area contributed by atoms with Crippen molar-refractivity contribution in [3.05, 3.63) is 51.7 Å². The van der Waals surface area contributed by atoms with Crippen LogP contribution >= 0.6 is 11.3 Å². The Kier molecular flexibility index (Phi) is 4.51. The average Bonchev–Trinajstić information content (AvgIpc) is 2.89. The van der Waals surface area contributed by atoms with E-state index in [4.69, 9.17) is 10.5 Å². The van der Waals surface area contributed by atoms with Crippen LogP contribution in [0.15, 0.2) is 36.4 Å². The molecule has 108 valence electrons. The smallest absolute Gasteiger partial charge is 0.119 e. The summed E-state index contributed by atoms with van der Waals surface area (Å²) < 4.78 is 5.46. The summed E-state index contributed by atoms with van der Waals surface area (Å²) >= 11 is 1.80. The molecule has 0 saturated heterocycles. The molecule has 1 unspecified atom stereocenters. The van der Waals surface area contributed by atoms with Crippen LogP contribution in [0.25, 0.3) is 0 Å². The lowest BCUT2D eigenvalue weighted by Crippen LogP contribution is -2.10. The summed E-state index contributed by atoms with van der Waals surface area (Å²) in [4.78, 5) is 2.58. The van der Waals surface area contributed by atoms with Gasteiger partial charge in [-0.05, 0) is 42.2 Å². The van der Waals surface area contributed by atoms with Crippen molar-refractivity contribution >= 4 is 11.3 Å². The Morgan fingerprint density at radius 2 is 1.75 bits per heavy atom. The molecule has 2 rings (SSSR count). The van der Waals surface area contributed by atoms with Gasteiger partial charge in [0.15, 0.2) is 0 Å². The van der Waals surface area contributed by atoms with E-state index in [1.54, 1.807) is 11.3 Å². The second-order valence-corrected chi connectivity index (χ2v) is 7.05. The highest BCUT2D eigenvalue weighted by atomic mass is 32.1. The summed E-state index contributed by atoms with van der Waals surface area (Å²) in [6, 6.07) is 12.3. The molecule has 0 spiro atoms. The number of hydrogen-bond donors (Lipinski definition) is 1. The van der Waals surface area contributed by atoms with Gasteiger partial charge < -0.3 is 10.5 Å². The van der Waals surface area contributed by atoms with Crippen LogP contribution < -0.4 is 10.5 Å². The third-order valence-corrected chi connectivity index (χ3v) is 4.82. The molecule has 1 atom stereocenters. The third-order valence-electron chi connectivity index (χ3n) is 3.22. The van der Waals surface area contributed by atoms with Crippen LogP contribution in [0.1, 0.15) is 49.1 Å². The maximum atomic E-state index is 6.37. The Morgan fingerprint density at radius 3 is 2.25 bits per heavy atom. The number of hydrogen-bond acceptors (Lipinski definition) is 3. The van der Waals surface area contributed by atoms with Gasteiger partial charge in [0, 0.05) is 9.75 Å². The molecule has 0 aliphatic carbocycles. The SMILES string of the molecule is CCOc1ccc(C(N)c2ccc(C(C)(C)C)s2)cc1. The van der Waals surface area contributed by atoms with Gasteiger partial charge in [0.05, 0.1) is 12.6 Å². The van der Waals surface area contributed by atoms with Gasteiger partial charge >= 0.3 is 0 Å². The largest absolute Gasteiger partial charge is 0.494 e. The number of benzene rings is 1. The van der Waals surface area contributed by atoms with E-state index in [2.05, 4.69) is 32.9 Å². The van der Waals surface area contributed by atoms with Crippen LogP contribution in [0.3, 0.4) is 0 Å². The molecule has 1 aromatic carbocycles. The fourth-order valence-electron chi connectivity index (χ4n) is 2.03. The normalized spacial score (nSPS) is 13.2. The van der Waals surface area contributed by atoms with Crippen molar-refractivity contribution in [2.75, 3.05) is 6.61 Å². The predicted octanol–water partition coefficient (Wildman–Crippen LogP) is 4.49. The van der Waals surface area contributed by atoms with Crippen molar-refractivity contribution in [2.24, 2.45) is 5.73 Å². The Bertz CT molecular complexity index is 551. The molecule has 0 aliphatic rings. The van der Waals surface area contributed by atoms with Crippen LogP contribution in [-0.4, -0.2) is 6.61 Å². The van der Waals surface area contributed by atoms with Crippen molar-refractivity contribution in [1.82, 2.24) is 0 Å². The Labute approximate surface area is 125 Å². The molecule has 1 heterocycles. The summed E-state index contributed by atoms with van der Waals surface area (Å²) in [5, 5.41) is 0. The predicted molar refractivity (Wildman–Crippen MR) is 86.7 cm³/mol. The van der Waals surface area contributed by atoms with Gasteiger partial charge in [0.1, 0.15) is 5.75 Å². The summed E-state index contributed by atoms with van der Waals surface area (Å²) in [6.45, 7) is 9.35. The highest BCUT2D eigenvalue weighted by Crippen LogP contribution is 2.33. The molecule has 0 amide bonds. The minimum absolute atomic E-state index is 0.0632. The second kappa shape index (κ2) is 5.98. The lowest BCUT2D eigenvalue weighted by atomic mass is 9.95. The quantitative estimate of drug-likeness (QED) is 0.900. The van der Waals surface area contributed by atoms with Gasteiger partial charge in [-0.25, -0.2) is 0 Å². The average molecular weight is 289 g/mol. The molecule has 0 aliphatic heterocycles. The first-order valence-electron chi connectivity index (χ1n) is 7.00. The van der Waals surface area contributed by atoms with Crippen LogP contribution in [0.2, 0.25) is 0 Å². The van der Waals surface area contributed by atoms with Crippen LogP contribution in [0.4, 0.5) is 0 Å². The molecule has 0 bridgehead atoms. The van der Waals surface area contributed by atoms with Gasteiger partial charge in [-0.1, -0.05) is 32.9 Å². The topological polar surface area (TPSA) is 35.2 Å². The Hall–Kier alpha value is -1.32. The molecule has 2 aromatic rings. The number of ether oxygens (including phenoxy) is 1. The third kappa shape index (κ3) is 3.41. The first-order valence-corrected chi connectivity index (χ1v) is 7.82. The standard InChI is InChI=1S/C17H23NOS/c1-5-19-13-8-6-12(7-9-13)16(18)14-10-11-15(20-14)17(2,3)4/h6-11,16H,5,18H2,1-4H3. The van der Waals surface area contributed by atoms with E-state index in [1.807, 2.05) is 31.2 Å². The molecular formula is C17H23NOS. The maximum Gasteiger partial charge on any atom is 0.119 e. The minimum atomic E-state index is -0.0632. The van der Waals surface area contributed by atoms with Gasteiger partial charge in [-0.3, -0.25) is 0 Å². The van der Waals surface area contributed by atoms with Crippen molar-refractivity contribution in [3.8, 4) is 5.75 Å². The fraction of sp³-hybridized carbons (Fsp3) is 0.412. The zero-order valence-corrected chi connectivity index (χ0v) is 13.5. The molecule has 2 N–H and O–H groups in total. The molecule has 1 aromatic heterocycles. The van der Waals surface area contributed by atoms with E-state index in [0.29, 0.717) is 6.61 Å². The summed E-state index contributed by atoms with van der Waals surface area (Å²) in [6.07, 6.45) is 0. The highest BCUT2D eigenvalue weighted by Gasteiger charge is 2.18. The summed E-state index contributed by atoms with van der Waals surface area (Å²) in [5.74, 6) is 0.894. The Balaban J connectivity index is 2.18. The van der Waals surface area contributed by atoms with E-state index in [9.17, 15) is 0 Å². The lowest BCUT2D eigenvalue weighted by Gasteiger charge is -2.16. The van der Waals surface area contributed by atoms with E-state index in [0.717, 1.165) is 11.3 Å².